The van der Waals surface area contributed by atoms with E-state index >= 15 is 0 Å². The summed E-state index contributed by atoms with van der Waals surface area (Å²) >= 11 is 0. The van der Waals surface area contributed by atoms with Gasteiger partial charge in [0.25, 0.3) is 0 Å². The minimum Gasteiger partial charge on any atom is -0.298 e. The summed E-state index contributed by atoms with van der Waals surface area (Å²) in [4.78, 5) is 4.57. The van der Waals surface area contributed by atoms with Gasteiger partial charge in [0.05, 0.1) is 11.2 Å². The quantitative estimate of drug-likeness (QED) is 0.695. The van der Waals surface area contributed by atoms with Crippen molar-refractivity contribution in [3.05, 3.63) is 30.0 Å². The van der Waals surface area contributed by atoms with Crippen LogP contribution in [0.3, 0.4) is 0 Å². The maximum absolute atomic E-state index is 5.01. The summed E-state index contributed by atoms with van der Waals surface area (Å²) in [6, 6.07) is 7.99. The molecule has 1 aromatic carbocycles. The molecule has 0 atom stereocenters. The molecule has 2 rings (SSSR count). The zero-order valence-electron chi connectivity index (χ0n) is 7.40. The third kappa shape index (κ3) is 1.30. The van der Waals surface area contributed by atoms with Crippen LogP contribution in [0.25, 0.3) is 10.9 Å². The Hall–Kier alpha value is -1.39. The summed E-state index contributed by atoms with van der Waals surface area (Å²) in [5.74, 6) is 5.01. The number of fused-ring (bicyclic) bond motifs is 1. The van der Waals surface area contributed by atoms with E-state index in [-0.39, 0.29) is 0 Å². The highest BCUT2D eigenvalue weighted by Crippen LogP contribution is 2.17. The zero-order chi connectivity index (χ0) is 9.26. The largest absolute Gasteiger partial charge is 0.298 e. The molecule has 0 bridgehead atoms. The number of aryl methyl sites for hydroxylation is 1. The summed E-state index contributed by atoms with van der Waals surface area (Å²) < 4.78 is 1.82. The van der Waals surface area contributed by atoms with E-state index < -0.39 is 0 Å². The van der Waals surface area contributed by atoms with E-state index in [4.69, 9.17) is 5.90 Å². The van der Waals surface area contributed by atoms with E-state index in [9.17, 15) is 0 Å². The molecule has 0 unspecified atom stereocenters. The molecule has 2 N–H and O–H groups in total. The summed E-state index contributed by atoms with van der Waals surface area (Å²) in [5.41, 5.74) is 1.97. The van der Waals surface area contributed by atoms with Gasteiger partial charge in [-0.05, 0) is 6.07 Å². The van der Waals surface area contributed by atoms with Gasteiger partial charge in [-0.3, -0.25) is 9.52 Å². The fraction of sp³-hybridized carbons (Fsp3) is 0.222. The lowest BCUT2D eigenvalue weighted by molar-refractivity contribution is 0.122. The zero-order valence-corrected chi connectivity index (χ0v) is 7.40. The molecule has 0 saturated heterocycles. The number of aromatic nitrogens is 2. The lowest BCUT2D eigenvalue weighted by atomic mass is 10.2. The highest BCUT2D eigenvalue weighted by Gasteiger charge is 2.06. The molecule has 68 valence electrons. The number of hydrogen-bond acceptors (Lipinski definition) is 3. The summed E-state index contributed by atoms with van der Waals surface area (Å²) in [6.45, 7) is 0.349. The van der Waals surface area contributed by atoms with Crippen molar-refractivity contribution < 1.29 is 4.84 Å². The van der Waals surface area contributed by atoms with E-state index in [1.54, 1.807) is 0 Å². The molecule has 0 aliphatic carbocycles. The standard InChI is InChI=1S/C9H11N3O/c1-12-9-5-3-2-4-7(9)8(11-12)6-13-10/h2-5H,6,10H2,1H3. The molecule has 0 spiro atoms. The van der Waals surface area contributed by atoms with Gasteiger partial charge in [-0.2, -0.15) is 5.10 Å². The molecule has 1 aromatic heterocycles. The molecule has 0 saturated carbocycles. The molecule has 0 fully saturated rings. The summed E-state index contributed by atoms with van der Waals surface area (Å²) in [6.07, 6.45) is 0. The Morgan fingerprint density at radius 3 is 3.00 bits per heavy atom. The van der Waals surface area contributed by atoms with Crippen molar-refractivity contribution in [3.8, 4) is 0 Å². The van der Waals surface area contributed by atoms with E-state index in [0.29, 0.717) is 6.61 Å². The summed E-state index contributed by atoms with van der Waals surface area (Å²) in [7, 11) is 1.91. The van der Waals surface area contributed by atoms with Crippen molar-refractivity contribution >= 4 is 10.9 Å². The first kappa shape index (κ1) is 8.22. The van der Waals surface area contributed by atoms with Crippen LogP contribution in [-0.2, 0) is 18.5 Å². The SMILES string of the molecule is Cn1nc(CON)c2ccccc21. The number of hydrogen-bond donors (Lipinski definition) is 1. The first-order chi connectivity index (χ1) is 6.33. The first-order valence-electron chi connectivity index (χ1n) is 4.05. The minimum absolute atomic E-state index is 0.349. The lowest BCUT2D eigenvalue weighted by Crippen LogP contribution is -2.00. The van der Waals surface area contributed by atoms with Crippen molar-refractivity contribution in [3.63, 3.8) is 0 Å². The third-order valence-electron chi connectivity index (χ3n) is 2.05. The van der Waals surface area contributed by atoms with E-state index in [0.717, 1.165) is 16.6 Å². The van der Waals surface area contributed by atoms with E-state index in [2.05, 4.69) is 9.94 Å². The molecular formula is C9H11N3O. The van der Waals surface area contributed by atoms with Gasteiger partial charge in [-0.15, -0.1) is 0 Å². The Morgan fingerprint density at radius 1 is 1.46 bits per heavy atom. The van der Waals surface area contributed by atoms with Crippen LogP contribution in [0.5, 0.6) is 0 Å². The molecule has 4 heteroatoms. The third-order valence-corrected chi connectivity index (χ3v) is 2.05. The van der Waals surface area contributed by atoms with Crippen molar-refractivity contribution in [1.82, 2.24) is 9.78 Å². The van der Waals surface area contributed by atoms with Crippen molar-refractivity contribution in [1.29, 1.82) is 0 Å². The average molecular weight is 177 g/mol. The number of para-hydroxylation sites is 1. The number of nitrogens with two attached hydrogens (primary N) is 1. The Bertz CT molecular complexity index is 422. The Kier molecular flexibility index (Phi) is 2.00. The molecule has 1 heterocycles. The monoisotopic (exact) mass is 177 g/mol. The van der Waals surface area contributed by atoms with Gasteiger partial charge < -0.3 is 0 Å². The Labute approximate surface area is 75.9 Å². The average Bonchev–Trinajstić information content (AvgIpc) is 2.46. The smallest absolute Gasteiger partial charge is 0.112 e. The van der Waals surface area contributed by atoms with E-state index in [1.165, 1.54) is 0 Å². The van der Waals surface area contributed by atoms with E-state index in [1.807, 2.05) is 36.0 Å². The highest BCUT2D eigenvalue weighted by molar-refractivity contribution is 5.81. The van der Waals surface area contributed by atoms with Crippen LogP contribution in [0.2, 0.25) is 0 Å². The van der Waals surface area contributed by atoms with Crippen LogP contribution >= 0.6 is 0 Å². The van der Waals surface area contributed by atoms with Gasteiger partial charge in [0.1, 0.15) is 6.61 Å². The molecular weight excluding hydrogens is 166 g/mol. The van der Waals surface area contributed by atoms with Crippen molar-refractivity contribution in [2.45, 2.75) is 6.61 Å². The maximum Gasteiger partial charge on any atom is 0.112 e. The van der Waals surface area contributed by atoms with Crippen LogP contribution in [-0.4, -0.2) is 9.78 Å². The fourth-order valence-corrected chi connectivity index (χ4v) is 1.47. The van der Waals surface area contributed by atoms with Gasteiger partial charge in [0.2, 0.25) is 0 Å². The van der Waals surface area contributed by atoms with Gasteiger partial charge in [0, 0.05) is 12.4 Å². The predicted molar refractivity (Wildman–Crippen MR) is 49.7 cm³/mol. The molecule has 0 aliphatic rings. The Morgan fingerprint density at radius 2 is 2.23 bits per heavy atom. The van der Waals surface area contributed by atoms with Gasteiger partial charge >= 0.3 is 0 Å². The predicted octanol–water partition coefficient (Wildman–Crippen LogP) is 0.964. The second kappa shape index (κ2) is 3.16. The highest BCUT2D eigenvalue weighted by atomic mass is 16.6. The van der Waals surface area contributed by atoms with Crippen molar-refractivity contribution in [2.24, 2.45) is 12.9 Å². The number of nitrogens with zero attached hydrogens (tertiary/aromatic N) is 2. The van der Waals surface area contributed by atoms with Crippen LogP contribution in [0.4, 0.5) is 0 Å². The second-order valence-corrected chi connectivity index (χ2v) is 2.90. The van der Waals surface area contributed by atoms with Crippen molar-refractivity contribution in [2.75, 3.05) is 0 Å². The van der Waals surface area contributed by atoms with Gasteiger partial charge in [0.15, 0.2) is 0 Å². The van der Waals surface area contributed by atoms with Crippen LogP contribution in [0.1, 0.15) is 5.69 Å². The topological polar surface area (TPSA) is 53.1 Å². The molecule has 0 aliphatic heterocycles. The van der Waals surface area contributed by atoms with Crippen LogP contribution in [0.15, 0.2) is 24.3 Å². The molecule has 4 nitrogen and oxygen atoms in total. The molecule has 0 radical (unpaired) electrons. The van der Waals surface area contributed by atoms with Gasteiger partial charge in [-0.25, -0.2) is 5.90 Å². The second-order valence-electron chi connectivity index (χ2n) is 2.90. The maximum atomic E-state index is 5.01. The number of rotatable bonds is 2. The fourth-order valence-electron chi connectivity index (χ4n) is 1.47. The van der Waals surface area contributed by atoms with Crippen LogP contribution in [0, 0.1) is 0 Å². The Balaban J connectivity index is 2.63. The molecule has 0 amide bonds. The lowest BCUT2D eigenvalue weighted by Gasteiger charge is -1.92. The molecule has 13 heavy (non-hydrogen) atoms. The van der Waals surface area contributed by atoms with Crippen LogP contribution < -0.4 is 5.90 Å². The van der Waals surface area contributed by atoms with Gasteiger partial charge in [-0.1, -0.05) is 18.2 Å². The number of benzene rings is 1. The minimum atomic E-state index is 0.349. The normalized spacial score (nSPS) is 10.9. The molecule has 2 aromatic rings. The first-order valence-corrected chi connectivity index (χ1v) is 4.05. The summed E-state index contributed by atoms with van der Waals surface area (Å²) in [5, 5.41) is 5.38.